The molecule has 0 unspecified atom stereocenters. The second kappa shape index (κ2) is 6.43. The number of nitrogens with one attached hydrogen (secondary N) is 1. The van der Waals surface area contributed by atoms with Crippen molar-refractivity contribution in [2.24, 2.45) is 5.92 Å². The van der Waals surface area contributed by atoms with E-state index in [-0.39, 0.29) is 5.63 Å². The van der Waals surface area contributed by atoms with Crippen LogP contribution < -0.4 is 10.9 Å². The Labute approximate surface area is 135 Å². The topological polar surface area (TPSA) is 42.2 Å². The number of hydrogen-bond donors (Lipinski definition) is 1. The van der Waals surface area contributed by atoms with Crippen molar-refractivity contribution in [3.8, 4) is 0 Å². The Kier molecular flexibility index (Phi) is 4.55. The molecule has 4 heteroatoms. The van der Waals surface area contributed by atoms with E-state index in [1.807, 2.05) is 19.1 Å². The van der Waals surface area contributed by atoms with Gasteiger partial charge in [0, 0.05) is 29.1 Å². The predicted octanol–water partition coefficient (Wildman–Crippen LogP) is 4.42. The number of rotatable bonds is 3. The van der Waals surface area contributed by atoms with Crippen LogP contribution in [0.25, 0.3) is 11.0 Å². The Morgan fingerprint density at radius 3 is 2.82 bits per heavy atom. The molecule has 118 valence electrons. The highest BCUT2D eigenvalue weighted by atomic mass is 35.5. The van der Waals surface area contributed by atoms with E-state index in [1.165, 1.54) is 25.7 Å². The summed E-state index contributed by atoms with van der Waals surface area (Å²) < 4.78 is 5.31. The average molecular weight is 320 g/mol. The smallest absolute Gasteiger partial charge is 0.336 e. The Bertz CT molecular complexity index is 738. The zero-order chi connectivity index (χ0) is 15.7. The molecule has 0 saturated heterocycles. The van der Waals surface area contributed by atoms with Crippen molar-refractivity contribution >= 4 is 22.6 Å². The third kappa shape index (κ3) is 3.21. The van der Waals surface area contributed by atoms with Gasteiger partial charge in [0.1, 0.15) is 5.58 Å². The quantitative estimate of drug-likeness (QED) is 0.851. The minimum atomic E-state index is -0.303. The van der Waals surface area contributed by atoms with Crippen molar-refractivity contribution in [2.45, 2.75) is 52.1 Å². The molecule has 0 spiro atoms. The van der Waals surface area contributed by atoms with Crippen LogP contribution in [0.15, 0.2) is 27.4 Å². The predicted molar refractivity (Wildman–Crippen MR) is 90.5 cm³/mol. The van der Waals surface area contributed by atoms with Crippen molar-refractivity contribution in [2.75, 3.05) is 0 Å². The second-order valence-corrected chi connectivity index (χ2v) is 6.84. The molecule has 1 aliphatic carbocycles. The van der Waals surface area contributed by atoms with Crippen LogP contribution in [-0.2, 0) is 6.54 Å². The van der Waals surface area contributed by atoms with Gasteiger partial charge in [-0.3, -0.25) is 0 Å². The van der Waals surface area contributed by atoms with Gasteiger partial charge in [0.05, 0.1) is 0 Å². The lowest BCUT2D eigenvalue weighted by Crippen LogP contribution is -2.36. The Morgan fingerprint density at radius 1 is 1.27 bits per heavy atom. The van der Waals surface area contributed by atoms with Crippen LogP contribution in [-0.4, -0.2) is 6.04 Å². The molecular formula is C18H22ClNO2. The lowest BCUT2D eigenvalue weighted by Gasteiger charge is -2.29. The molecule has 1 aliphatic rings. The van der Waals surface area contributed by atoms with Crippen LogP contribution in [0.2, 0.25) is 5.02 Å². The SMILES string of the molecule is Cc1cc2oc(=O)cc(CN[C@H]3CCCC[C@@H]3C)c2cc1Cl. The molecule has 2 atom stereocenters. The first-order valence-corrected chi connectivity index (χ1v) is 8.38. The zero-order valence-corrected chi connectivity index (χ0v) is 13.9. The maximum absolute atomic E-state index is 11.8. The van der Waals surface area contributed by atoms with Crippen LogP contribution in [0.4, 0.5) is 0 Å². The highest BCUT2D eigenvalue weighted by Crippen LogP contribution is 2.27. The van der Waals surface area contributed by atoms with E-state index in [0.717, 1.165) is 16.5 Å². The van der Waals surface area contributed by atoms with Crippen LogP contribution in [0, 0.1) is 12.8 Å². The van der Waals surface area contributed by atoms with E-state index in [2.05, 4.69) is 12.2 Å². The van der Waals surface area contributed by atoms with Gasteiger partial charge < -0.3 is 9.73 Å². The molecule has 1 heterocycles. The van der Waals surface area contributed by atoms with Gasteiger partial charge in [0.25, 0.3) is 0 Å². The Hall–Kier alpha value is -1.32. The Morgan fingerprint density at radius 2 is 2.05 bits per heavy atom. The molecule has 0 bridgehead atoms. The summed E-state index contributed by atoms with van der Waals surface area (Å²) in [6.45, 7) is 4.89. The van der Waals surface area contributed by atoms with Crippen LogP contribution in [0.1, 0.15) is 43.7 Å². The monoisotopic (exact) mass is 319 g/mol. The lowest BCUT2D eigenvalue weighted by molar-refractivity contribution is 0.279. The molecule has 22 heavy (non-hydrogen) atoms. The van der Waals surface area contributed by atoms with E-state index < -0.39 is 0 Å². The van der Waals surface area contributed by atoms with Gasteiger partial charge in [-0.2, -0.15) is 0 Å². The zero-order valence-electron chi connectivity index (χ0n) is 13.1. The van der Waals surface area contributed by atoms with E-state index >= 15 is 0 Å². The largest absolute Gasteiger partial charge is 0.423 e. The van der Waals surface area contributed by atoms with Crippen LogP contribution in [0.3, 0.4) is 0 Å². The molecule has 1 N–H and O–H groups in total. The molecule has 1 aromatic heterocycles. The molecule has 1 saturated carbocycles. The highest BCUT2D eigenvalue weighted by Gasteiger charge is 2.21. The van der Waals surface area contributed by atoms with Crippen molar-refractivity contribution in [3.05, 3.63) is 44.8 Å². The summed E-state index contributed by atoms with van der Waals surface area (Å²) in [5.74, 6) is 0.686. The fraction of sp³-hybridized carbons (Fsp3) is 0.500. The summed E-state index contributed by atoms with van der Waals surface area (Å²) in [6, 6.07) is 5.84. The van der Waals surface area contributed by atoms with Gasteiger partial charge >= 0.3 is 5.63 Å². The number of hydrogen-bond acceptors (Lipinski definition) is 3. The molecule has 1 aromatic carbocycles. The van der Waals surface area contributed by atoms with E-state index in [9.17, 15) is 4.79 Å². The summed E-state index contributed by atoms with van der Waals surface area (Å²) in [4.78, 5) is 11.8. The summed E-state index contributed by atoms with van der Waals surface area (Å²) in [5.41, 5.74) is 2.19. The van der Waals surface area contributed by atoms with Gasteiger partial charge in [0.15, 0.2) is 0 Å². The minimum absolute atomic E-state index is 0.303. The van der Waals surface area contributed by atoms with Gasteiger partial charge in [-0.1, -0.05) is 31.4 Å². The van der Waals surface area contributed by atoms with Crippen molar-refractivity contribution in [1.29, 1.82) is 0 Å². The molecule has 0 radical (unpaired) electrons. The molecular weight excluding hydrogens is 298 g/mol. The second-order valence-electron chi connectivity index (χ2n) is 6.44. The van der Waals surface area contributed by atoms with Crippen molar-refractivity contribution in [1.82, 2.24) is 5.32 Å². The van der Waals surface area contributed by atoms with E-state index in [4.69, 9.17) is 16.0 Å². The van der Waals surface area contributed by atoms with Gasteiger partial charge in [0.2, 0.25) is 0 Å². The van der Waals surface area contributed by atoms with Crippen molar-refractivity contribution < 1.29 is 4.42 Å². The molecule has 0 aliphatic heterocycles. The summed E-state index contributed by atoms with van der Waals surface area (Å²) in [7, 11) is 0. The third-order valence-corrected chi connectivity index (χ3v) is 5.18. The number of aryl methyl sites for hydroxylation is 1. The summed E-state index contributed by atoms with van der Waals surface area (Å²) in [6.07, 6.45) is 5.09. The van der Waals surface area contributed by atoms with Gasteiger partial charge in [-0.05, 0) is 48.9 Å². The minimum Gasteiger partial charge on any atom is -0.423 e. The fourth-order valence-corrected chi connectivity index (χ4v) is 3.52. The summed E-state index contributed by atoms with van der Waals surface area (Å²) in [5, 5.41) is 5.24. The number of fused-ring (bicyclic) bond motifs is 1. The van der Waals surface area contributed by atoms with E-state index in [0.29, 0.717) is 29.1 Å². The Balaban J connectivity index is 1.89. The number of halogens is 1. The maximum Gasteiger partial charge on any atom is 0.336 e. The third-order valence-electron chi connectivity index (χ3n) is 4.78. The molecule has 1 fully saturated rings. The maximum atomic E-state index is 11.8. The molecule has 3 nitrogen and oxygen atoms in total. The molecule has 3 rings (SSSR count). The molecule has 0 amide bonds. The first kappa shape index (κ1) is 15.6. The average Bonchev–Trinajstić information content (AvgIpc) is 2.48. The van der Waals surface area contributed by atoms with Gasteiger partial charge in [-0.15, -0.1) is 0 Å². The first-order chi connectivity index (χ1) is 10.5. The molecule has 2 aromatic rings. The summed E-state index contributed by atoms with van der Waals surface area (Å²) >= 11 is 6.23. The normalized spacial score (nSPS) is 22.1. The van der Waals surface area contributed by atoms with Crippen molar-refractivity contribution in [3.63, 3.8) is 0 Å². The van der Waals surface area contributed by atoms with Gasteiger partial charge in [-0.25, -0.2) is 4.79 Å². The lowest BCUT2D eigenvalue weighted by atomic mass is 9.86. The van der Waals surface area contributed by atoms with E-state index in [1.54, 1.807) is 6.07 Å². The first-order valence-electron chi connectivity index (χ1n) is 8.01. The standard InChI is InChI=1S/C18H22ClNO2/c1-11-5-3-4-6-16(11)20-10-13-8-18(21)22-17-7-12(2)15(19)9-14(13)17/h7-9,11,16,20H,3-6,10H2,1-2H3/t11-,16-/m0/s1. The van der Waals surface area contributed by atoms with Crippen LogP contribution in [0.5, 0.6) is 0 Å². The number of benzene rings is 1. The highest BCUT2D eigenvalue weighted by molar-refractivity contribution is 6.32. The fourth-order valence-electron chi connectivity index (χ4n) is 3.36. The van der Waals surface area contributed by atoms with Crippen LogP contribution >= 0.6 is 11.6 Å².